The largest absolute Gasteiger partial charge is 0.454 e. The van der Waals surface area contributed by atoms with Gasteiger partial charge in [-0.05, 0) is 25.1 Å². The Morgan fingerprint density at radius 3 is 2.88 bits per heavy atom. The number of nitrogens with zero attached hydrogens (tertiary/aromatic N) is 3. The summed E-state index contributed by atoms with van der Waals surface area (Å²) in [5, 5.41) is 11.4. The number of hydrogen-bond acceptors (Lipinski definition) is 6. The Morgan fingerprint density at radius 1 is 1.32 bits per heavy atom. The summed E-state index contributed by atoms with van der Waals surface area (Å²) in [6, 6.07) is 10.7. The third-order valence-electron chi connectivity index (χ3n) is 4.15. The molecule has 25 heavy (non-hydrogen) atoms. The van der Waals surface area contributed by atoms with Crippen LogP contribution in [0.15, 0.2) is 42.7 Å². The fraction of sp³-hybridized carbons (Fsp3) is 0.235. The molecule has 1 aliphatic rings. The third kappa shape index (κ3) is 2.76. The number of nitro groups is 1. The molecule has 0 aliphatic carbocycles. The van der Waals surface area contributed by atoms with Gasteiger partial charge in [-0.3, -0.25) is 10.1 Å². The van der Waals surface area contributed by atoms with Gasteiger partial charge in [-0.25, -0.2) is 4.98 Å². The summed E-state index contributed by atoms with van der Waals surface area (Å²) in [6.07, 6.45) is 1.18. The molecule has 2 heterocycles. The lowest BCUT2D eigenvalue weighted by Crippen LogP contribution is -2.07. The van der Waals surface area contributed by atoms with E-state index < -0.39 is 11.0 Å². The highest BCUT2D eigenvalue weighted by Gasteiger charge is 2.26. The molecule has 1 unspecified atom stereocenters. The van der Waals surface area contributed by atoms with E-state index in [1.54, 1.807) is 19.3 Å². The zero-order valence-electron chi connectivity index (χ0n) is 13.4. The second-order valence-electron chi connectivity index (χ2n) is 5.66. The van der Waals surface area contributed by atoms with Crippen LogP contribution >= 0.6 is 0 Å². The Hall–Kier alpha value is -3.13. The van der Waals surface area contributed by atoms with Crippen molar-refractivity contribution in [1.29, 1.82) is 0 Å². The summed E-state index contributed by atoms with van der Waals surface area (Å²) < 4.78 is 18.2. The highest BCUT2D eigenvalue weighted by Crippen LogP contribution is 2.40. The molecule has 0 radical (unpaired) electrons. The van der Waals surface area contributed by atoms with E-state index in [0.717, 1.165) is 11.0 Å². The molecule has 0 fully saturated rings. The van der Waals surface area contributed by atoms with E-state index in [0.29, 0.717) is 17.1 Å². The first kappa shape index (κ1) is 15.4. The minimum absolute atomic E-state index is 0.0489. The number of imidazole rings is 1. The van der Waals surface area contributed by atoms with Crippen LogP contribution < -0.4 is 9.47 Å². The molecule has 4 rings (SSSR count). The maximum absolute atomic E-state index is 11.4. The van der Waals surface area contributed by atoms with Crippen LogP contribution in [0, 0.1) is 10.1 Å². The van der Waals surface area contributed by atoms with E-state index in [1.807, 2.05) is 28.8 Å². The Morgan fingerprint density at radius 2 is 2.08 bits per heavy atom. The van der Waals surface area contributed by atoms with Crippen molar-refractivity contribution in [3.63, 3.8) is 0 Å². The maximum Gasteiger partial charge on any atom is 0.279 e. The molecule has 1 aliphatic heterocycles. The van der Waals surface area contributed by atoms with Crippen molar-refractivity contribution in [2.24, 2.45) is 0 Å². The molecule has 0 amide bonds. The van der Waals surface area contributed by atoms with Gasteiger partial charge in [-0.15, -0.1) is 0 Å². The Balaban J connectivity index is 1.58. The van der Waals surface area contributed by atoms with Gasteiger partial charge < -0.3 is 18.8 Å². The topological polar surface area (TPSA) is 88.7 Å². The van der Waals surface area contributed by atoms with Crippen molar-refractivity contribution in [2.75, 3.05) is 6.79 Å². The fourth-order valence-electron chi connectivity index (χ4n) is 2.83. The van der Waals surface area contributed by atoms with Gasteiger partial charge in [-0.1, -0.05) is 12.1 Å². The van der Waals surface area contributed by atoms with Gasteiger partial charge in [0.1, 0.15) is 6.73 Å². The molecule has 1 aromatic heterocycles. The number of para-hydroxylation sites is 2. The summed E-state index contributed by atoms with van der Waals surface area (Å²) in [5.74, 6) is 0.868. The van der Waals surface area contributed by atoms with Gasteiger partial charge >= 0.3 is 0 Å². The molecule has 8 nitrogen and oxygen atoms in total. The zero-order chi connectivity index (χ0) is 17.4. The van der Waals surface area contributed by atoms with Crippen molar-refractivity contribution in [2.45, 2.75) is 19.8 Å². The van der Waals surface area contributed by atoms with Crippen molar-refractivity contribution in [3.8, 4) is 11.5 Å². The molecular formula is C17H15N3O5. The molecule has 2 aromatic carbocycles. The predicted octanol–water partition coefficient (Wildman–Crippen LogP) is 3.41. The SMILES string of the molecule is CC(OCn1cnc2ccccc21)c1cc2c(cc1[N+](=O)[O-])OCO2. The minimum atomic E-state index is -0.504. The van der Waals surface area contributed by atoms with Crippen LogP contribution in [-0.2, 0) is 11.5 Å². The molecule has 0 N–H and O–H groups in total. The third-order valence-corrected chi connectivity index (χ3v) is 4.15. The smallest absolute Gasteiger partial charge is 0.279 e. The number of rotatable bonds is 5. The average molecular weight is 341 g/mol. The van der Waals surface area contributed by atoms with Crippen LogP contribution in [0.25, 0.3) is 11.0 Å². The number of nitro benzene ring substituents is 1. The van der Waals surface area contributed by atoms with E-state index in [9.17, 15) is 10.1 Å². The number of aromatic nitrogens is 2. The van der Waals surface area contributed by atoms with E-state index in [2.05, 4.69) is 4.98 Å². The zero-order valence-corrected chi connectivity index (χ0v) is 13.4. The van der Waals surface area contributed by atoms with Crippen molar-refractivity contribution in [1.82, 2.24) is 9.55 Å². The first-order chi connectivity index (χ1) is 12.1. The van der Waals surface area contributed by atoms with E-state index in [4.69, 9.17) is 14.2 Å². The highest BCUT2D eigenvalue weighted by molar-refractivity contribution is 5.74. The first-order valence-electron chi connectivity index (χ1n) is 7.73. The van der Waals surface area contributed by atoms with E-state index in [-0.39, 0.29) is 19.2 Å². The van der Waals surface area contributed by atoms with Gasteiger partial charge in [-0.2, -0.15) is 0 Å². The van der Waals surface area contributed by atoms with Crippen molar-refractivity contribution < 1.29 is 19.1 Å². The van der Waals surface area contributed by atoms with Gasteiger partial charge in [0.15, 0.2) is 11.5 Å². The van der Waals surface area contributed by atoms with Gasteiger partial charge in [0.25, 0.3) is 5.69 Å². The van der Waals surface area contributed by atoms with Crippen LogP contribution in [-0.4, -0.2) is 21.3 Å². The second kappa shape index (κ2) is 6.06. The summed E-state index contributed by atoms with van der Waals surface area (Å²) in [5.41, 5.74) is 2.20. The summed E-state index contributed by atoms with van der Waals surface area (Å²) in [7, 11) is 0. The van der Waals surface area contributed by atoms with Gasteiger partial charge in [0.2, 0.25) is 6.79 Å². The number of ether oxygens (including phenoxy) is 3. The Kier molecular flexibility index (Phi) is 3.73. The van der Waals surface area contributed by atoms with Crippen molar-refractivity contribution >= 4 is 16.7 Å². The summed E-state index contributed by atoms with van der Waals surface area (Å²) in [6.45, 7) is 2.06. The molecule has 0 bridgehead atoms. The standard InChI is InChI=1S/C17H15N3O5/c1-11(23-9-19-8-18-13-4-2-3-5-14(13)19)12-6-16-17(25-10-24-16)7-15(12)20(21)22/h2-8,11H,9-10H2,1H3. The molecule has 0 saturated carbocycles. The van der Waals surface area contributed by atoms with E-state index >= 15 is 0 Å². The molecule has 128 valence electrons. The number of fused-ring (bicyclic) bond motifs is 2. The molecule has 1 atom stereocenters. The van der Waals surface area contributed by atoms with Crippen LogP contribution in [0.1, 0.15) is 18.6 Å². The monoisotopic (exact) mass is 341 g/mol. The highest BCUT2D eigenvalue weighted by atomic mass is 16.7. The second-order valence-corrected chi connectivity index (χ2v) is 5.66. The van der Waals surface area contributed by atoms with Gasteiger partial charge in [0.05, 0.1) is 40.0 Å². The van der Waals surface area contributed by atoms with Gasteiger partial charge in [0, 0.05) is 0 Å². The van der Waals surface area contributed by atoms with Crippen LogP contribution in [0.3, 0.4) is 0 Å². The Labute approximate surface area is 142 Å². The normalized spacial score (nSPS) is 14.0. The average Bonchev–Trinajstić information content (AvgIpc) is 3.24. The van der Waals surface area contributed by atoms with E-state index in [1.165, 1.54) is 6.07 Å². The van der Waals surface area contributed by atoms with Crippen LogP contribution in [0.2, 0.25) is 0 Å². The quantitative estimate of drug-likeness (QED) is 0.522. The predicted molar refractivity (Wildman–Crippen MR) is 88.5 cm³/mol. The molecule has 0 saturated heterocycles. The summed E-state index contributed by atoms with van der Waals surface area (Å²) in [4.78, 5) is 15.2. The number of hydrogen-bond donors (Lipinski definition) is 0. The lowest BCUT2D eigenvalue weighted by Gasteiger charge is -2.15. The molecule has 3 aromatic rings. The first-order valence-corrected chi connectivity index (χ1v) is 7.73. The lowest BCUT2D eigenvalue weighted by atomic mass is 10.1. The molecule has 0 spiro atoms. The van der Waals surface area contributed by atoms with Crippen molar-refractivity contribution in [3.05, 3.63) is 58.4 Å². The fourth-order valence-corrected chi connectivity index (χ4v) is 2.83. The lowest BCUT2D eigenvalue weighted by molar-refractivity contribution is -0.386. The summed E-state index contributed by atoms with van der Waals surface area (Å²) >= 11 is 0. The minimum Gasteiger partial charge on any atom is -0.454 e. The maximum atomic E-state index is 11.4. The molecular weight excluding hydrogens is 326 g/mol. The van der Waals surface area contributed by atoms with Crippen LogP contribution in [0.5, 0.6) is 11.5 Å². The van der Waals surface area contributed by atoms with Crippen LogP contribution in [0.4, 0.5) is 5.69 Å². The molecule has 8 heteroatoms. The Bertz CT molecular complexity index is 953. The number of benzene rings is 2.